The van der Waals surface area contributed by atoms with Gasteiger partial charge in [-0.3, -0.25) is 9.69 Å². The molecule has 0 aliphatic carbocycles. The molecule has 118 valence electrons. The molecule has 21 heavy (non-hydrogen) atoms. The van der Waals surface area contributed by atoms with Gasteiger partial charge in [-0.05, 0) is 45.4 Å². The first-order chi connectivity index (χ1) is 9.95. The highest BCUT2D eigenvalue weighted by molar-refractivity contribution is 5.94. The zero-order valence-electron chi connectivity index (χ0n) is 13.8. The monoisotopic (exact) mass is 292 g/mol. The molecule has 1 N–H and O–H groups in total. The van der Waals surface area contributed by atoms with E-state index in [0.29, 0.717) is 30.8 Å². The van der Waals surface area contributed by atoms with E-state index in [1.165, 1.54) is 0 Å². The lowest BCUT2D eigenvalue weighted by molar-refractivity contribution is 0.0939. The van der Waals surface area contributed by atoms with Gasteiger partial charge in [0.1, 0.15) is 0 Å². The molecule has 0 spiro atoms. The first-order valence-electron chi connectivity index (χ1n) is 7.57. The van der Waals surface area contributed by atoms with Gasteiger partial charge in [0.2, 0.25) is 0 Å². The summed E-state index contributed by atoms with van der Waals surface area (Å²) in [6.07, 6.45) is 0. The number of benzene rings is 1. The second-order valence-corrected chi connectivity index (χ2v) is 5.81. The first-order valence-corrected chi connectivity index (χ1v) is 7.57. The summed E-state index contributed by atoms with van der Waals surface area (Å²) in [4.78, 5) is 14.4. The van der Waals surface area contributed by atoms with Crippen LogP contribution < -0.4 is 5.32 Å². The number of rotatable bonds is 8. The Morgan fingerprint density at radius 2 is 1.71 bits per heavy atom. The molecule has 0 radical (unpaired) electrons. The van der Waals surface area contributed by atoms with Gasteiger partial charge in [0.15, 0.2) is 0 Å². The van der Waals surface area contributed by atoms with Crippen LogP contribution >= 0.6 is 0 Å². The van der Waals surface area contributed by atoms with E-state index in [9.17, 15) is 4.79 Å². The van der Waals surface area contributed by atoms with Crippen LogP contribution in [0.15, 0.2) is 24.3 Å². The van der Waals surface area contributed by atoms with Crippen LogP contribution in [0.3, 0.4) is 0 Å². The van der Waals surface area contributed by atoms with Crippen molar-refractivity contribution in [3.63, 3.8) is 0 Å². The van der Waals surface area contributed by atoms with Crippen LogP contribution in [0.2, 0.25) is 0 Å². The molecule has 0 atom stereocenters. The Morgan fingerprint density at radius 1 is 1.14 bits per heavy atom. The normalized spacial score (nSPS) is 11.4. The molecule has 4 nitrogen and oxygen atoms in total. The van der Waals surface area contributed by atoms with E-state index in [0.717, 1.165) is 12.1 Å². The summed E-state index contributed by atoms with van der Waals surface area (Å²) < 4.78 is 5.06. The van der Waals surface area contributed by atoms with Crippen LogP contribution in [0.1, 0.15) is 43.6 Å². The van der Waals surface area contributed by atoms with E-state index in [2.05, 4.69) is 37.9 Å². The van der Waals surface area contributed by atoms with Crippen molar-refractivity contribution in [1.29, 1.82) is 0 Å². The minimum atomic E-state index is -0.0218. The highest BCUT2D eigenvalue weighted by atomic mass is 16.5. The molecule has 1 aromatic rings. The summed E-state index contributed by atoms with van der Waals surface area (Å²) in [7, 11) is 1.66. The number of ether oxygens (including phenoxy) is 1. The molecule has 0 aliphatic heterocycles. The third kappa shape index (κ3) is 5.86. The van der Waals surface area contributed by atoms with Gasteiger partial charge in [0.25, 0.3) is 5.91 Å². The zero-order chi connectivity index (χ0) is 15.8. The Balaban J connectivity index is 2.46. The summed E-state index contributed by atoms with van der Waals surface area (Å²) >= 11 is 0. The summed E-state index contributed by atoms with van der Waals surface area (Å²) in [6, 6.07) is 8.49. The van der Waals surface area contributed by atoms with Crippen molar-refractivity contribution in [2.45, 2.75) is 46.4 Å². The molecule has 0 heterocycles. The number of hydrogen-bond acceptors (Lipinski definition) is 3. The van der Waals surface area contributed by atoms with Crippen molar-refractivity contribution >= 4 is 5.91 Å². The topological polar surface area (TPSA) is 41.6 Å². The molecule has 0 fully saturated rings. The lowest BCUT2D eigenvalue weighted by Gasteiger charge is -2.30. The summed E-state index contributed by atoms with van der Waals surface area (Å²) in [5.41, 5.74) is 1.76. The van der Waals surface area contributed by atoms with Crippen LogP contribution in [-0.2, 0) is 11.3 Å². The Bertz CT molecular complexity index is 419. The van der Waals surface area contributed by atoms with Crippen molar-refractivity contribution in [3.8, 4) is 0 Å². The number of carbonyl (C=O) groups is 1. The Hall–Kier alpha value is -1.39. The lowest BCUT2D eigenvalue weighted by atomic mass is 10.1. The van der Waals surface area contributed by atoms with Gasteiger partial charge in [-0.15, -0.1) is 0 Å². The molecule has 0 saturated carbocycles. The van der Waals surface area contributed by atoms with Crippen molar-refractivity contribution in [1.82, 2.24) is 10.2 Å². The third-order valence-corrected chi connectivity index (χ3v) is 3.51. The number of carbonyl (C=O) groups excluding carboxylic acids is 1. The smallest absolute Gasteiger partial charge is 0.251 e. The molecule has 4 heteroatoms. The number of nitrogens with zero attached hydrogens (tertiary/aromatic N) is 1. The Labute approximate surface area is 128 Å². The highest BCUT2D eigenvalue weighted by Gasteiger charge is 2.13. The predicted octanol–water partition coefficient (Wildman–Crippen LogP) is 2.68. The number of methoxy groups -OCH3 is 1. The molecule has 0 aromatic heterocycles. The molecular formula is C17H28N2O2. The minimum Gasteiger partial charge on any atom is -0.380 e. The molecule has 0 aliphatic rings. The van der Waals surface area contributed by atoms with Crippen LogP contribution in [0.4, 0.5) is 0 Å². The van der Waals surface area contributed by atoms with Crippen molar-refractivity contribution < 1.29 is 9.53 Å². The van der Waals surface area contributed by atoms with Crippen LogP contribution in [0.25, 0.3) is 0 Å². The van der Waals surface area contributed by atoms with Crippen LogP contribution in [0.5, 0.6) is 0 Å². The number of amides is 1. The Kier molecular flexibility index (Phi) is 7.40. The third-order valence-electron chi connectivity index (χ3n) is 3.51. The van der Waals surface area contributed by atoms with Crippen molar-refractivity contribution in [2.24, 2.45) is 0 Å². The second kappa shape index (κ2) is 8.80. The lowest BCUT2D eigenvalue weighted by Crippen LogP contribution is -2.42. The van der Waals surface area contributed by atoms with Gasteiger partial charge in [-0.25, -0.2) is 0 Å². The van der Waals surface area contributed by atoms with Crippen LogP contribution in [-0.4, -0.2) is 43.1 Å². The average Bonchev–Trinajstić information content (AvgIpc) is 2.43. The SMILES string of the molecule is COCc1ccc(C(=O)NCCN(C(C)C)C(C)C)cc1. The van der Waals surface area contributed by atoms with E-state index >= 15 is 0 Å². The molecule has 0 saturated heterocycles. The first kappa shape index (κ1) is 17.7. The van der Waals surface area contributed by atoms with Gasteiger partial charge in [0, 0.05) is 37.8 Å². The molecule has 1 amide bonds. The van der Waals surface area contributed by atoms with Gasteiger partial charge >= 0.3 is 0 Å². The van der Waals surface area contributed by atoms with E-state index in [4.69, 9.17) is 4.74 Å². The molecule has 0 unspecified atom stereocenters. The molecule has 0 bridgehead atoms. The van der Waals surface area contributed by atoms with Crippen molar-refractivity contribution in [3.05, 3.63) is 35.4 Å². The molecule has 1 aromatic carbocycles. The fourth-order valence-electron chi connectivity index (χ4n) is 2.43. The maximum Gasteiger partial charge on any atom is 0.251 e. The molecule has 1 rings (SSSR count). The summed E-state index contributed by atoms with van der Waals surface area (Å²) in [6.45, 7) is 10.8. The minimum absolute atomic E-state index is 0.0218. The van der Waals surface area contributed by atoms with Gasteiger partial charge in [0.05, 0.1) is 6.61 Å². The maximum absolute atomic E-state index is 12.1. The quantitative estimate of drug-likeness (QED) is 0.801. The standard InChI is InChI=1S/C17H28N2O2/c1-13(2)19(14(3)4)11-10-18-17(20)16-8-6-15(7-9-16)12-21-5/h6-9,13-14H,10-12H2,1-5H3,(H,18,20). The van der Waals surface area contributed by atoms with E-state index in [-0.39, 0.29) is 5.91 Å². The Morgan fingerprint density at radius 3 is 2.19 bits per heavy atom. The van der Waals surface area contributed by atoms with E-state index in [1.54, 1.807) is 7.11 Å². The van der Waals surface area contributed by atoms with Gasteiger partial charge in [-0.2, -0.15) is 0 Å². The van der Waals surface area contributed by atoms with Crippen molar-refractivity contribution in [2.75, 3.05) is 20.2 Å². The van der Waals surface area contributed by atoms with Gasteiger partial charge < -0.3 is 10.1 Å². The summed E-state index contributed by atoms with van der Waals surface area (Å²) in [5.74, 6) is -0.0218. The summed E-state index contributed by atoms with van der Waals surface area (Å²) in [5, 5.41) is 2.98. The fraction of sp³-hybridized carbons (Fsp3) is 0.588. The van der Waals surface area contributed by atoms with E-state index in [1.807, 2.05) is 24.3 Å². The molecular weight excluding hydrogens is 264 g/mol. The van der Waals surface area contributed by atoms with E-state index < -0.39 is 0 Å². The average molecular weight is 292 g/mol. The fourth-order valence-corrected chi connectivity index (χ4v) is 2.43. The second-order valence-electron chi connectivity index (χ2n) is 5.81. The maximum atomic E-state index is 12.1. The zero-order valence-corrected chi connectivity index (χ0v) is 13.8. The number of nitrogens with one attached hydrogen (secondary N) is 1. The number of hydrogen-bond donors (Lipinski definition) is 1. The highest BCUT2D eigenvalue weighted by Crippen LogP contribution is 2.06. The van der Waals surface area contributed by atoms with Crippen LogP contribution in [0, 0.1) is 0 Å². The largest absolute Gasteiger partial charge is 0.380 e. The predicted molar refractivity (Wildman–Crippen MR) is 86.5 cm³/mol. The van der Waals surface area contributed by atoms with Gasteiger partial charge in [-0.1, -0.05) is 12.1 Å².